The number of nitrogens with zero attached hydrogens (tertiary/aromatic N) is 1. The number of methoxy groups -OCH3 is 1. The highest BCUT2D eigenvalue weighted by Gasteiger charge is 2.16. The number of hydrogen-bond donors (Lipinski definition) is 1. The van der Waals surface area contributed by atoms with Crippen molar-refractivity contribution in [1.82, 2.24) is 4.57 Å². The van der Waals surface area contributed by atoms with Crippen molar-refractivity contribution in [3.8, 4) is 11.1 Å². The summed E-state index contributed by atoms with van der Waals surface area (Å²) in [5, 5.41) is 9.75. The van der Waals surface area contributed by atoms with Crippen molar-refractivity contribution < 1.29 is 19.4 Å². The van der Waals surface area contributed by atoms with Crippen molar-refractivity contribution in [2.24, 2.45) is 0 Å². The first-order chi connectivity index (χ1) is 14.9. The van der Waals surface area contributed by atoms with Gasteiger partial charge in [-0.2, -0.15) is 0 Å². The number of rotatable bonds is 8. The minimum Gasteiger partial charge on any atom is -0.478 e. The number of carboxylic acids is 1. The van der Waals surface area contributed by atoms with Gasteiger partial charge >= 0.3 is 11.9 Å². The van der Waals surface area contributed by atoms with Gasteiger partial charge in [0.05, 0.1) is 24.8 Å². The van der Waals surface area contributed by atoms with E-state index in [1.807, 2.05) is 43.3 Å². The van der Waals surface area contributed by atoms with Crippen LogP contribution in [-0.4, -0.2) is 28.7 Å². The smallest absolute Gasteiger partial charge is 0.338 e. The molecule has 6 heteroatoms. The molecular formula is C25H25NO5. The van der Waals surface area contributed by atoms with Crippen LogP contribution >= 0.6 is 0 Å². The maximum atomic E-state index is 12.8. The van der Waals surface area contributed by atoms with Crippen molar-refractivity contribution in [2.75, 3.05) is 7.11 Å². The molecule has 6 nitrogen and oxygen atoms in total. The summed E-state index contributed by atoms with van der Waals surface area (Å²) in [6.45, 7) is 2.27. The molecule has 0 unspecified atom stereocenters. The van der Waals surface area contributed by atoms with Crippen molar-refractivity contribution in [1.29, 1.82) is 0 Å². The number of benzene rings is 2. The molecule has 0 fully saturated rings. The molecule has 3 rings (SSSR count). The lowest BCUT2D eigenvalue weighted by Crippen LogP contribution is -2.25. The molecule has 0 aliphatic rings. The van der Waals surface area contributed by atoms with Crippen molar-refractivity contribution >= 4 is 11.9 Å². The van der Waals surface area contributed by atoms with Crippen LogP contribution in [0, 0.1) is 0 Å². The lowest BCUT2D eigenvalue weighted by atomic mass is 9.97. The first-order valence-electron chi connectivity index (χ1n) is 10.2. The van der Waals surface area contributed by atoms with Crippen LogP contribution in [0.25, 0.3) is 11.1 Å². The molecule has 0 spiro atoms. The van der Waals surface area contributed by atoms with Gasteiger partial charge in [0.2, 0.25) is 0 Å². The minimum absolute atomic E-state index is 0.179. The van der Waals surface area contributed by atoms with Crippen LogP contribution in [0.3, 0.4) is 0 Å². The predicted molar refractivity (Wildman–Crippen MR) is 119 cm³/mol. The molecule has 0 aliphatic carbocycles. The number of aromatic carboxylic acids is 1. The van der Waals surface area contributed by atoms with Crippen LogP contribution in [0.5, 0.6) is 0 Å². The normalized spacial score (nSPS) is 10.6. The molecule has 0 saturated carbocycles. The molecular weight excluding hydrogens is 394 g/mol. The average Bonchev–Trinajstić information content (AvgIpc) is 2.79. The van der Waals surface area contributed by atoms with Crippen LogP contribution in [0.15, 0.2) is 65.5 Å². The summed E-state index contributed by atoms with van der Waals surface area (Å²) < 4.78 is 6.34. The van der Waals surface area contributed by atoms with E-state index in [0.717, 1.165) is 24.1 Å². The van der Waals surface area contributed by atoms with Crippen LogP contribution in [0.1, 0.15) is 51.7 Å². The lowest BCUT2D eigenvalue weighted by Gasteiger charge is -2.15. The fourth-order valence-electron chi connectivity index (χ4n) is 3.55. The SMILES string of the molecule is CCCCc1cc(C(=O)OC)cc(=O)n1Cc1ccc(-c2ccccc2)c(C(=O)O)c1. The van der Waals surface area contributed by atoms with Gasteiger partial charge in [-0.3, -0.25) is 4.79 Å². The van der Waals surface area contributed by atoms with E-state index >= 15 is 0 Å². The standard InChI is InChI=1S/C25H25NO5/c1-3-4-10-20-14-19(25(30)31-2)15-23(27)26(20)16-17-11-12-21(22(13-17)24(28)29)18-8-6-5-7-9-18/h5-9,11-15H,3-4,10,16H2,1-2H3,(H,28,29). The van der Waals surface area contributed by atoms with Crippen LogP contribution < -0.4 is 5.56 Å². The van der Waals surface area contributed by atoms with Gasteiger partial charge in [-0.25, -0.2) is 9.59 Å². The second-order valence-electron chi connectivity index (χ2n) is 7.31. The Morgan fingerprint density at radius 2 is 1.77 bits per heavy atom. The van der Waals surface area contributed by atoms with Gasteiger partial charge in [0.25, 0.3) is 5.56 Å². The number of esters is 1. The van der Waals surface area contributed by atoms with E-state index in [2.05, 4.69) is 0 Å². The van der Waals surface area contributed by atoms with Gasteiger partial charge in [-0.05, 0) is 41.7 Å². The van der Waals surface area contributed by atoms with Gasteiger partial charge in [0, 0.05) is 11.8 Å². The Labute approximate surface area is 180 Å². The molecule has 0 amide bonds. The molecule has 0 aliphatic heterocycles. The maximum absolute atomic E-state index is 12.8. The molecule has 160 valence electrons. The molecule has 3 aromatic rings. The number of aryl methyl sites for hydroxylation is 1. The highest BCUT2D eigenvalue weighted by atomic mass is 16.5. The lowest BCUT2D eigenvalue weighted by molar-refractivity contribution is 0.0599. The van der Waals surface area contributed by atoms with Crippen LogP contribution in [-0.2, 0) is 17.7 Å². The number of carbonyl (C=O) groups is 2. The van der Waals surface area contributed by atoms with Gasteiger partial charge in [0.1, 0.15) is 0 Å². The van der Waals surface area contributed by atoms with Gasteiger partial charge < -0.3 is 14.4 Å². The molecule has 0 saturated heterocycles. The van der Waals surface area contributed by atoms with E-state index < -0.39 is 11.9 Å². The average molecular weight is 419 g/mol. The summed E-state index contributed by atoms with van der Waals surface area (Å²) >= 11 is 0. The Kier molecular flexibility index (Phi) is 7.03. The van der Waals surface area contributed by atoms with E-state index in [0.29, 0.717) is 17.5 Å². The summed E-state index contributed by atoms with van der Waals surface area (Å²) in [6.07, 6.45) is 2.42. The fraction of sp³-hybridized carbons (Fsp3) is 0.240. The largest absolute Gasteiger partial charge is 0.478 e. The van der Waals surface area contributed by atoms with E-state index in [4.69, 9.17) is 4.74 Å². The molecule has 1 N–H and O–H groups in total. The first-order valence-corrected chi connectivity index (χ1v) is 10.2. The summed E-state index contributed by atoms with van der Waals surface area (Å²) in [6, 6.07) is 17.5. The Morgan fingerprint density at radius 1 is 1.03 bits per heavy atom. The fourth-order valence-corrected chi connectivity index (χ4v) is 3.55. The van der Waals surface area contributed by atoms with Gasteiger partial charge in [-0.1, -0.05) is 55.8 Å². The second-order valence-corrected chi connectivity index (χ2v) is 7.31. The van der Waals surface area contributed by atoms with Crippen LogP contribution in [0.2, 0.25) is 0 Å². The molecule has 0 bridgehead atoms. The second kappa shape index (κ2) is 9.89. The molecule has 31 heavy (non-hydrogen) atoms. The zero-order valence-electron chi connectivity index (χ0n) is 17.6. The van der Waals surface area contributed by atoms with E-state index in [-0.39, 0.29) is 23.2 Å². The van der Waals surface area contributed by atoms with E-state index in [1.54, 1.807) is 22.8 Å². The van der Waals surface area contributed by atoms with E-state index in [1.165, 1.54) is 13.2 Å². The summed E-state index contributed by atoms with van der Waals surface area (Å²) in [5.41, 5.74) is 2.93. The third kappa shape index (κ3) is 5.09. The highest BCUT2D eigenvalue weighted by Crippen LogP contribution is 2.25. The van der Waals surface area contributed by atoms with Crippen molar-refractivity contribution in [3.05, 3.63) is 93.4 Å². The Hall–Kier alpha value is -3.67. The monoisotopic (exact) mass is 419 g/mol. The molecule has 2 aromatic carbocycles. The Balaban J connectivity index is 2.03. The maximum Gasteiger partial charge on any atom is 0.338 e. The van der Waals surface area contributed by atoms with Gasteiger partial charge in [-0.15, -0.1) is 0 Å². The third-order valence-electron chi connectivity index (χ3n) is 5.16. The van der Waals surface area contributed by atoms with Crippen LogP contribution in [0.4, 0.5) is 0 Å². The Morgan fingerprint density at radius 3 is 2.42 bits per heavy atom. The number of aromatic nitrogens is 1. The van der Waals surface area contributed by atoms with Crippen molar-refractivity contribution in [3.63, 3.8) is 0 Å². The number of ether oxygens (including phenoxy) is 1. The highest BCUT2D eigenvalue weighted by molar-refractivity contribution is 5.96. The minimum atomic E-state index is -1.03. The van der Waals surface area contributed by atoms with E-state index in [9.17, 15) is 19.5 Å². The molecule has 1 heterocycles. The molecule has 1 aromatic heterocycles. The van der Waals surface area contributed by atoms with Gasteiger partial charge in [0.15, 0.2) is 0 Å². The zero-order valence-corrected chi connectivity index (χ0v) is 17.6. The Bertz CT molecular complexity index is 1150. The number of carboxylic acid groups (broad SMARTS) is 1. The third-order valence-corrected chi connectivity index (χ3v) is 5.16. The summed E-state index contributed by atoms with van der Waals surface area (Å²) in [4.78, 5) is 36.6. The van der Waals surface area contributed by atoms with Crippen molar-refractivity contribution in [2.45, 2.75) is 32.7 Å². The summed E-state index contributed by atoms with van der Waals surface area (Å²) in [7, 11) is 1.28. The topological polar surface area (TPSA) is 85.6 Å². The number of hydrogen-bond acceptors (Lipinski definition) is 4. The quantitative estimate of drug-likeness (QED) is 0.547. The zero-order chi connectivity index (χ0) is 22.4. The molecule has 0 radical (unpaired) electrons. The number of unbranched alkanes of at least 4 members (excludes halogenated alkanes) is 1. The molecule has 0 atom stereocenters. The first kappa shape index (κ1) is 22.0. The predicted octanol–water partition coefficient (Wildman–Crippen LogP) is 4.39. The number of carbonyl (C=O) groups excluding carboxylic acids is 1. The number of pyridine rings is 1. The summed E-state index contributed by atoms with van der Waals surface area (Å²) in [5.74, 6) is -1.58.